The van der Waals surface area contributed by atoms with E-state index in [1.807, 2.05) is 12.1 Å². The number of fused-ring (bicyclic) bond motifs is 4. The molecule has 5 nitrogen and oxygen atoms in total. The highest BCUT2D eigenvalue weighted by atomic mass is 19.1. The highest BCUT2D eigenvalue weighted by molar-refractivity contribution is 5.99. The lowest BCUT2D eigenvalue weighted by Crippen LogP contribution is -2.04. The molecular weight excluding hydrogens is 393 g/mol. The monoisotopic (exact) mass is 411 g/mol. The number of hydrogen-bond donors (Lipinski definition) is 0. The summed E-state index contributed by atoms with van der Waals surface area (Å²) in [7, 11) is 0. The van der Waals surface area contributed by atoms with Crippen molar-refractivity contribution in [1.29, 1.82) is 0 Å². The summed E-state index contributed by atoms with van der Waals surface area (Å²) < 4.78 is 26.9. The molecule has 0 fully saturated rings. The molecule has 3 heterocycles. The van der Waals surface area contributed by atoms with Gasteiger partial charge in [0.25, 0.3) is 0 Å². The normalized spacial score (nSPS) is 12.7. The molecule has 6 heteroatoms. The van der Waals surface area contributed by atoms with Crippen LogP contribution in [0.2, 0.25) is 0 Å². The summed E-state index contributed by atoms with van der Waals surface area (Å²) >= 11 is 0. The molecule has 0 unspecified atom stereocenters. The minimum absolute atomic E-state index is 0.209. The molecule has 0 N–H and O–H groups in total. The summed E-state index contributed by atoms with van der Waals surface area (Å²) in [5, 5.41) is 9.86. The van der Waals surface area contributed by atoms with Crippen LogP contribution < -0.4 is 9.47 Å². The number of rotatable bonds is 3. The molecule has 0 aromatic heterocycles. The number of nitrogens with zero attached hydrogens (tertiary/aromatic N) is 3. The van der Waals surface area contributed by atoms with Crippen molar-refractivity contribution in [1.82, 2.24) is 14.8 Å². The second-order valence-electron chi connectivity index (χ2n) is 7.79. The van der Waals surface area contributed by atoms with E-state index in [2.05, 4.69) is 52.2 Å². The Hall–Kier alpha value is -3.93. The van der Waals surface area contributed by atoms with Gasteiger partial charge < -0.3 is 14.0 Å². The molecule has 3 aliphatic rings. The number of aromatic nitrogens is 3. The van der Waals surface area contributed by atoms with Crippen molar-refractivity contribution >= 4 is 10.9 Å². The number of ether oxygens (including phenoxy) is 2. The predicted octanol–water partition coefficient (Wildman–Crippen LogP) is 5.43. The average molecular weight is 411 g/mol. The topological polar surface area (TPSA) is 49.2 Å². The second-order valence-corrected chi connectivity index (χ2v) is 7.79. The predicted molar refractivity (Wildman–Crippen MR) is 116 cm³/mol. The van der Waals surface area contributed by atoms with Crippen molar-refractivity contribution < 1.29 is 13.9 Å². The fourth-order valence-electron chi connectivity index (χ4n) is 4.18. The van der Waals surface area contributed by atoms with Crippen LogP contribution in [0.3, 0.4) is 0 Å². The molecule has 0 bridgehead atoms. The highest BCUT2D eigenvalue weighted by Crippen LogP contribution is 2.42. The number of halogens is 1. The Balaban J connectivity index is 1.60. The first-order chi connectivity index (χ1) is 15.2. The smallest absolute Gasteiger partial charge is 0.231 e. The Morgan fingerprint density at radius 3 is 2.52 bits per heavy atom. The van der Waals surface area contributed by atoms with Crippen molar-refractivity contribution in [3.05, 3.63) is 83.8 Å². The Morgan fingerprint density at radius 1 is 0.935 bits per heavy atom. The van der Waals surface area contributed by atoms with Gasteiger partial charge in [0.05, 0.1) is 5.52 Å². The molecular formula is C25H18FN3O2. The van der Waals surface area contributed by atoms with E-state index in [9.17, 15) is 4.39 Å². The fraction of sp³-hybridized carbons (Fsp3) is 0.120. The zero-order chi connectivity index (χ0) is 20.9. The Kier molecular flexibility index (Phi) is 3.93. The minimum atomic E-state index is -0.278. The van der Waals surface area contributed by atoms with Crippen LogP contribution in [0.5, 0.6) is 11.5 Å². The standard InChI is InChI=1S/C25H18FN3O2/c1-15-3-2-4-16(9-15)12-29-13-20-24(17-5-7-18(26)8-6-17)27-28-25(20)19-10-22-23(11-21(19)29)31-14-30-22/h2-11,13H,12,14H2,1H3. The van der Waals surface area contributed by atoms with Crippen LogP contribution in [0, 0.1) is 12.7 Å². The van der Waals surface area contributed by atoms with Crippen molar-refractivity contribution in [2.45, 2.75) is 13.5 Å². The molecule has 0 amide bonds. The van der Waals surface area contributed by atoms with Gasteiger partial charge in [0.15, 0.2) is 11.5 Å². The highest BCUT2D eigenvalue weighted by Gasteiger charge is 2.24. The van der Waals surface area contributed by atoms with E-state index in [-0.39, 0.29) is 12.6 Å². The molecule has 6 rings (SSSR count). The first kappa shape index (κ1) is 17.9. The summed E-state index contributed by atoms with van der Waals surface area (Å²) in [4.78, 5) is 0. The lowest BCUT2D eigenvalue weighted by Gasteiger charge is -2.16. The van der Waals surface area contributed by atoms with E-state index in [1.54, 1.807) is 12.1 Å². The molecule has 0 saturated heterocycles. The van der Waals surface area contributed by atoms with Gasteiger partial charge in [0.1, 0.15) is 17.2 Å². The van der Waals surface area contributed by atoms with Crippen molar-refractivity contribution in [2.24, 2.45) is 0 Å². The van der Waals surface area contributed by atoms with Crippen LogP contribution >= 0.6 is 0 Å². The van der Waals surface area contributed by atoms with E-state index in [0.29, 0.717) is 12.3 Å². The van der Waals surface area contributed by atoms with Gasteiger partial charge in [-0.15, -0.1) is 10.2 Å². The third-order valence-electron chi connectivity index (χ3n) is 5.65. The van der Waals surface area contributed by atoms with Crippen LogP contribution in [-0.4, -0.2) is 21.6 Å². The van der Waals surface area contributed by atoms with Crippen molar-refractivity contribution in [3.8, 4) is 34.0 Å². The minimum Gasteiger partial charge on any atom is -0.454 e. The summed E-state index contributed by atoms with van der Waals surface area (Å²) in [6.45, 7) is 2.98. The second kappa shape index (κ2) is 6.80. The lowest BCUT2D eigenvalue weighted by atomic mass is 10.0. The number of benzene rings is 3. The van der Waals surface area contributed by atoms with Crippen molar-refractivity contribution in [2.75, 3.05) is 6.79 Å². The maximum absolute atomic E-state index is 13.5. The number of pyridine rings is 1. The molecule has 3 aliphatic heterocycles. The van der Waals surface area contributed by atoms with Gasteiger partial charge in [0.2, 0.25) is 6.79 Å². The molecule has 0 radical (unpaired) electrons. The summed E-state index contributed by atoms with van der Waals surface area (Å²) in [5.74, 6) is 1.15. The van der Waals surface area contributed by atoms with Gasteiger partial charge in [-0.3, -0.25) is 0 Å². The quantitative estimate of drug-likeness (QED) is 0.397. The lowest BCUT2D eigenvalue weighted by molar-refractivity contribution is 0.174. The van der Waals surface area contributed by atoms with E-state index in [0.717, 1.165) is 39.2 Å². The average Bonchev–Trinajstić information content (AvgIpc) is 3.40. The first-order valence-corrected chi connectivity index (χ1v) is 10.1. The number of aryl methyl sites for hydroxylation is 1. The van der Waals surface area contributed by atoms with Gasteiger partial charge >= 0.3 is 0 Å². The Bertz CT molecular complexity index is 1410. The summed E-state index contributed by atoms with van der Waals surface area (Å²) in [6, 6.07) is 18.8. The third kappa shape index (κ3) is 2.99. The molecule has 3 aromatic carbocycles. The summed E-state index contributed by atoms with van der Waals surface area (Å²) in [5.41, 5.74) is 6.64. The van der Waals surface area contributed by atoms with Crippen LogP contribution in [0.1, 0.15) is 11.1 Å². The van der Waals surface area contributed by atoms with Crippen molar-refractivity contribution in [3.63, 3.8) is 0 Å². The molecule has 0 atom stereocenters. The molecule has 0 spiro atoms. The first-order valence-electron chi connectivity index (χ1n) is 10.1. The van der Waals surface area contributed by atoms with Gasteiger partial charge in [-0.2, -0.15) is 0 Å². The van der Waals surface area contributed by atoms with E-state index < -0.39 is 0 Å². The van der Waals surface area contributed by atoms with Crippen LogP contribution in [0.15, 0.2) is 66.9 Å². The van der Waals surface area contributed by atoms with E-state index in [4.69, 9.17) is 9.47 Å². The van der Waals surface area contributed by atoms with Gasteiger partial charge in [-0.25, -0.2) is 4.39 Å². The maximum Gasteiger partial charge on any atom is 0.231 e. The van der Waals surface area contributed by atoms with E-state index >= 15 is 0 Å². The molecule has 152 valence electrons. The maximum atomic E-state index is 13.5. The zero-order valence-corrected chi connectivity index (χ0v) is 16.8. The van der Waals surface area contributed by atoms with Crippen LogP contribution in [-0.2, 0) is 6.54 Å². The number of hydrogen-bond acceptors (Lipinski definition) is 4. The van der Waals surface area contributed by atoms with Crippen LogP contribution in [0.4, 0.5) is 4.39 Å². The fourth-order valence-corrected chi connectivity index (χ4v) is 4.18. The zero-order valence-electron chi connectivity index (χ0n) is 16.8. The van der Waals surface area contributed by atoms with E-state index in [1.165, 1.54) is 23.3 Å². The summed E-state index contributed by atoms with van der Waals surface area (Å²) in [6.07, 6.45) is 2.07. The van der Waals surface area contributed by atoms with Gasteiger partial charge in [-0.1, -0.05) is 29.8 Å². The SMILES string of the molecule is Cc1cccc(Cn2cc3c(-c4ccc(F)cc4)nnc-3c3cc4c(cc32)OCO4)c1. The molecule has 31 heavy (non-hydrogen) atoms. The molecule has 0 saturated carbocycles. The third-order valence-corrected chi connectivity index (χ3v) is 5.65. The largest absolute Gasteiger partial charge is 0.454 e. The van der Waals surface area contributed by atoms with Gasteiger partial charge in [-0.05, 0) is 42.8 Å². The molecule has 0 aliphatic carbocycles. The Labute approximate surface area is 178 Å². The van der Waals surface area contributed by atoms with Crippen LogP contribution in [0.25, 0.3) is 33.4 Å². The Morgan fingerprint density at radius 2 is 1.71 bits per heavy atom. The molecule has 3 aromatic rings. The van der Waals surface area contributed by atoms with Gasteiger partial charge in [0, 0.05) is 35.3 Å².